The van der Waals surface area contributed by atoms with Crippen molar-refractivity contribution in [1.82, 2.24) is 9.97 Å². The van der Waals surface area contributed by atoms with Gasteiger partial charge in [0, 0.05) is 37.1 Å². The molecule has 1 aliphatic rings. The zero-order valence-corrected chi connectivity index (χ0v) is 23.7. The summed E-state index contributed by atoms with van der Waals surface area (Å²) in [5.41, 5.74) is 10.4. The molecule has 3 heteroatoms. The van der Waals surface area contributed by atoms with Crippen LogP contribution in [0, 0.1) is 12.1 Å². The van der Waals surface area contributed by atoms with Crippen LogP contribution >= 0.6 is 0 Å². The molecule has 0 atom stereocenters. The van der Waals surface area contributed by atoms with Gasteiger partial charge in [-0.05, 0) is 45.8 Å². The molecule has 0 aliphatic heterocycles. The Morgan fingerprint density at radius 1 is 0.658 bits per heavy atom. The predicted molar refractivity (Wildman–Crippen MR) is 152 cm³/mol. The van der Waals surface area contributed by atoms with Crippen molar-refractivity contribution < 1.29 is 20.1 Å². The van der Waals surface area contributed by atoms with Gasteiger partial charge < -0.3 is 4.98 Å². The largest absolute Gasteiger partial charge is 0.305 e. The van der Waals surface area contributed by atoms with Gasteiger partial charge in [0.15, 0.2) is 0 Å². The Morgan fingerprint density at radius 3 is 2.03 bits per heavy atom. The molecular formula is C35H26IrN2-2. The van der Waals surface area contributed by atoms with Gasteiger partial charge in [-0.3, -0.25) is 4.98 Å². The van der Waals surface area contributed by atoms with Crippen LogP contribution in [0.25, 0.3) is 44.5 Å². The molecule has 2 nitrogen and oxygen atoms in total. The molecule has 0 spiro atoms. The summed E-state index contributed by atoms with van der Waals surface area (Å²) in [6, 6.07) is 45.5. The minimum Gasteiger partial charge on any atom is -0.305 e. The third-order valence-electron chi connectivity index (χ3n) is 7.00. The number of para-hydroxylation sites is 1. The van der Waals surface area contributed by atoms with Gasteiger partial charge in [-0.15, -0.1) is 71.8 Å². The van der Waals surface area contributed by atoms with Gasteiger partial charge in [-0.2, -0.15) is 0 Å². The van der Waals surface area contributed by atoms with E-state index in [1.54, 1.807) is 6.20 Å². The third kappa shape index (κ3) is 4.60. The summed E-state index contributed by atoms with van der Waals surface area (Å²) < 4.78 is 0. The number of nitrogens with zero attached hydrogens (tertiary/aromatic N) is 2. The van der Waals surface area contributed by atoms with Gasteiger partial charge in [0.1, 0.15) is 0 Å². The fourth-order valence-corrected chi connectivity index (χ4v) is 5.31. The average Bonchev–Trinajstić information content (AvgIpc) is 3.22. The summed E-state index contributed by atoms with van der Waals surface area (Å²) in [5, 5.41) is 1.25. The van der Waals surface area contributed by atoms with Gasteiger partial charge in [-0.25, -0.2) is 0 Å². The van der Waals surface area contributed by atoms with Crippen LogP contribution in [-0.2, 0) is 25.5 Å². The topological polar surface area (TPSA) is 25.8 Å². The van der Waals surface area contributed by atoms with E-state index < -0.39 is 0 Å². The Balaban J connectivity index is 0.000000191. The van der Waals surface area contributed by atoms with Crippen molar-refractivity contribution in [2.75, 3.05) is 0 Å². The Bertz CT molecular complexity index is 1640. The first-order chi connectivity index (χ1) is 18.1. The zero-order chi connectivity index (χ0) is 25.2. The molecule has 4 aromatic carbocycles. The van der Waals surface area contributed by atoms with Crippen LogP contribution in [0.1, 0.15) is 25.0 Å². The van der Waals surface area contributed by atoms with E-state index in [1.165, 1.54) is 27.6 Å². The fraction of sp³-hybridized carbons (Fsp3) is 0.0857. The molecule has 1 aliphatic carbocycles. The van der Waals surface area contributed by atoms with Crippen LogP contribution in [0.4, 0.5) is 0 Å². The minimum absolute atomic E-state index is 0. The fourth-order valence-electron chi connectivity index (χ4n) is 5.31. The summed E-state index contributed by atoms with van der Waals surface area (Å²) >= 11 is 0. The molecule has 0 unspecified atom stereocenters. The molecule has 0 bridgehead atoms. The van der Waals surface area contributed by atoms with E-state index in [1.807, 2.05) is 54.6 Å². The number of hydrogen-bond donors (Lipinski definition) is 0. The molecule has 0 amide bonds. The van der Waals surface area contributed by atoms with Crippen molar-refractivity contribution in [3.05, 3.63) is 145 Å². The van der Waals surface area contributed by atoms with Crippen molar-refractivity contribution in [2.24, 2.45) is 0 Å². The second kappa shape index (κ2) is 10.8. The van der Waals surface area contributed by atoms with Crippen molar-refractivity contribution >= 4 is 10.9 Å². The smallest absolute Gasteiger partial charge is 0.0598 e. The van der Waals surface area contributed by atoms with E-state index in [4.69, 9.17) is 4.98 Å². The molecule has 1 radical (unpaired) electrons. The van der Waals surface area contributed by atoms with E-state index in [0.29, 0.717) is 0 Å². The number of benzene rings is 4. The first-order valence-electron chi connectivity index (χ1n) is 12.5. The number of fused-ring (bicyclic) bond motifs is 5. The summed E-state index contributed by atoms with van der Waals surface area (Å²) in [5.74, 6) is 0. The molecule has 2 heterocycles. The minimum atomic E-state index is -0.0437. The number of rotatable bonds is 2. The Kier molecular flexibility index (Phi) is 7.33. The first-order valence-corrected chi connectivity index (χ1v) is 12.5. The second-order valence-electron chi connectivity index (χ2n) is 9.67. The molecule has 2 aromatic heterocycles. The van der Waals surface area contributed by atoms with E-state index in [2.05, 4.69) is 91.6 Å². The van der Waals surface area contributed by atoms with Gasteiger partial charge in [-0.1, -0.05) is 68.4 Å². The second-order valence-corrected chi connectivity index (χ2v) is 9.67. The summed E-state index contributed by atoms with van der Waals surface area (Å²) in [4.78, 5) is 9.27. The van der Waals surface area contributed by atoms with E-state index in [-0.39, 0.29) is 25.5 Å². The standard InChI is InChI=1S/C24H18N.C11H8N.Ir/c1-24(2)19-14-8-6-12-17(19)21-22(24)18-13-7-9-15-20(18)25-23(21)16-10-4-3-5-11-16;1-2-6-10(7-3-1)11-8-4-5-9-12-11;/h3-10,12-15H,1-2H3;1-6,8-9H;/q2*-1;. The van der Waals surface area contributed by atoms with E-state index in [0.717, 1.165) is 28.0 Å². The Hall–Kier alpha value is -3.91. The Morgan fingerprint density at radius 2 is 1.32 bits per heavy atom. The molecule has 7 rings (SSSR count). The molecule has 0 N–H and O–H groups in total. The maximum Gasteiger partial charge on any atom is 0.0598 e. The number of hydrogen-bond acceptors (Lipinski definition) is 2. The van der Waals surface area contributed by atoms with E-state index in [9.17, 15) is 0 Å². The van der Waals surface area contributed by atoms with Crippen LogP contribution in [0.15, 0.2) is 121 Å². The van der Waals surface area contributed by atoms with Crippen molar-refractivity contribution in [2.45, 2.75) is 19.3 Å². The molecule has 0 fully saturated rings. The van der Waals surface area contributed by atoms with Crippen LogP contribution in [-0.4, -0.2) is 9.97 Å². The summed E-state index contributed by atoms with van der Waals surface area (Å²) in [7, 11) is 0. The van der Waals surface area contributed by atoms with Gasteiger partial charge >= 0.3 is 0 Å². The van der Waals surface area contributed by atoms with Crippen LogP contribution in [0.5, 0.6) is 0 Å². The molecule has 38 heavy (non-hydrogen) atoms. The zero-order valence-electron chi connectivity index (χ0n) is 21.3. The van der Waals surface area contributed by atoms with Crippen LogP contribution in [0.2, 0.25) is 0 Å². The van der Waals surface area contributed by atoms with Gasteiger partial charge in [0.05, 0.1) is 5.52 Å². The normalized spacial score (nSPS) is 12.5. The first kappa shape index (κ1) is 25.7. The Labute approximate surface area is 237 Å². The molecule has 187 valence electrons. The van der Waals surface area contributed by atoms with Crippen LogP contribution < -0.4 is 0 Å². The molecule has 0 saturated carbocycles. The molecule has 0 saturated heterocycles. The van der Waals surface area contributed by atoms with Crippen molar-refractivity contribution in [3.8, 4) is 33.6 Å². The predicted octanol–water partition coefficient (Wildman–Crippen LogP) is 8.55. The molecular weight excluding hydrogens is 641 g/mol. The quantitative estimate of drug-likeness (QED) is 0.173. The van der Waals surface area contributed by atoms with Gasteiger partial charge in [0.25, 0.3) is 0 Å². The molecule has 6 aromatic rings. The van der Waals surface area contributed by atoms with E-state index >= 15 is 0 Å². The number of pyridine rings is 2. The maximum atomic E-state index is 5.05. The number of aromatic nitrogens is 2. The van der Waals surface area contributed by atoms with Crippen molar-refractivity contribution in [3.63, 3.8) is 0 Å². The summed E-state index contributed by atoms with van der Waals surface area (Å²) in [6.45, 7) is 4.64. The third-order valence-corrected chi connectivity index (χ3v) is 7.00. The van der Waals surface area contributed by atoms with Gasteiger partial charge in [0.2, 0.25) is 0 Å². The monoisotopic (exact) mass is 667 g/mol. The van der Waals surface area contributed by atoms with Crippen LogP contribution in [0.3, 0.4) is 0 Å². The SMILES string of the molecule is CC1(C)c2ccccc2-c2c(-c3[c-]cccc3)nc3ccccc3c21.[Ir].[c-]1ccccc1-c1ccccn1. The van der Waals surface area contributed by atoms with Crippen molar-refractivity contribution in [1.29, 1.82) is 0 Å². The summed E-state index contributed by atoms with van der Waals surface area (Å²) in [6.07, 6.45) is 1.79. The maximum absolute atomic E-state index is 5.05. The average molecular weight is 667 g/mol.